The summed E-state index contributed by atoms with van der Waals surface area (Å²) >= 11 is 1.65. The van der Waals surface area contributed by atoms with Gasteiger partial charge in [0.2, 0.25) is 0 Å². The van der Waals surface area contributed by atoms with E-state index >= 15 is 0 Å². The molecule has 0 unspecified atom stereocenters. The highest BCUT2D eigenvalue weighted by molar-refractivity contribution is 7.15. The summed E-state index contributed by atoms with van der Waals surface area (Å²) in [7, 11) is 4.02. The standard InChI is InChI=1S/C11H17N5S/c1-8-9(6-12)17-11(14-8)16(3)7-10-13-4-5-15(10)2/h4-5H,6-7,12H2,1-3H3. The van der Waals surface area contributed by atoms with E-state index < -0.39 is 0 Å². The number of hydrogen-bond donors (Lipinski definition) is 1. The average Bonchev–Trinajstić information content (AvgIpc) is 2.86. The Morgan fingerprint density at radius 3 is 2.82 bits per heavy atom. The topological polar surface area (TPSA) is 60.0 Å². The van der Waals surface area contributed by atoms with Crippen LogP contribution in [0.4, 0.5) is 5.13 Å². The highest BCUT2D eigenvalue weighted by Crippen LogP contribution is 2.25. The molecule has 17 heavy (non-hydrogen) atoms. The van der Waals surface area contributed by atoms with Gasteiger partial charge >= 0.3 is 0 Å². The Bertz CT molecular complexity index is 502. The van der Waals surface area contributed by atoms with Crippen molar-refractivity contribution in [3.05, 3.63) is 28.8 Å². The van der Waals surface area contributed by atoms with Crippen molar-refractivity contribution in [1.82, 2.24) is 14.5 Å². The van der Waals surface area contributed by atoms with E-state index in [4.69, 9.17) is 5.73 Å². The lowest BCUT2D eigenvalue weighted by Gasteiger charge is -2.15. The second kappa shape index (κ2) is 4.85. The predicted octanol–water partition coefficient (Wildman–Crippen LogP) is 1.28. The molecule has 0 atom stereocenters. The molecule has 0 fully saturated rings. The second-order valence-electron chi connectivity index (χ2n) is 4.02. The van der Waals surface area contributed by atoms with Crippen molar-refractivity contribution in [2.24, 2.45) is 12.8 Å². The van der Waals surface area contributed by atoms with Crippen molar-refractivity contribution < 1.29 is 0 Å². The smallest absolute Gasteiger partial charge is 0.185 e. The van der Waals surface area contributed by atoms with Gasteiger partial charge < -0.3 is 15.2 Å². The predicted molar refractivity (Wildman–Crippen MR) is 70.1 cm³/mol. The van der Waals surface area contributed by atoms with Crippen LogP contribution in [0.25, 0.3) is 0 Å². The molecule has 0 aliphatic carbocycles. The number of nitrogens with two attached hydrogens (primary N) is 1. The molecular formula is C11H17N5S. The van der Waals surface area contributed by atoms with Gasteiger partial charge in [-0.1, -0.05) is 0 Å². The summed E-state index contributed by atoms with van der Waals surface area (Å²) in [5, 5.41) is 0.992. The van der Waals surface area contributed by atoms with Crippen molar-refractivity contribution in [1.29, 1.82) is 0 Å². The molecule has 2 heterocycles. The summed E-state index contributed by atoms with van der Waals surface area (Å²) in [6.45, 7) is 3.30. The molecule has 2 rings (SSSR count). The Kier molecular flexibility index (Phi) is 3.44. The largest absolute Gasteiger partial charge is 0.344 e. The maximum Gasteiger partial charge on any atom is 0.185 e. The number of imidazole rings is 1. The molecule has 5 nitrogen and oxygen atoms in total. The zero-order valence-electron chi connectivity index (χ0n) is 10.3. The van der Waals surface area contributed by atoms with Crippen LogP contribution < -0.4 is 10.6 Å². The molecule has 0 aliphatic rings. The number of rotatable bonds is 4. The Morgan fingerprint density at radius 1 is 1.53 bits per heavy atom. The summed E-state index contributed by atoms with van der Waals surface area (Å²) in [5.74, 6) is 1.02. The van der Waals surface area contributed by atoms with Crippen molar-refractivity contribution in [2.45, 2.75) is 20.0 Å². The van der Waals surface area contributed by atoms with Gasteiger partial charge in [0.15, 0.2) is 5.13 Å². The van der Waals surface area contributed by atoms with Crippen molar-refractivity contribution in [3.8, 4) is 0 Å². The first-order valence-corrected chi connectivity index (χ1v) is 6.27. The van der Waals surface area contributed by atoms with Crippen LogP contribution in [0.15, 0.2) is 12.4 Å². The third kappa shape index (κ3) is 2.48. The van der Waals surface area contributed by atoms with E-state index in [1.165, 1.54) is 0 Å². The maximum atomic E-state index is 5.66. The van der Waals surface area contributed by atoms with Crippen molar-refractivity contribution in [3.63, 3.8) is 0 Å². The summed E-state index contributed by atoms with van der Waals surface area (Å²) < 4.78 is 2.01. The number of hydrogen-bond acceptors (Lipinski definition) is 5. The number of anilines is 1. The molecular weight excluding hydrogens is 234 g/mol. The first-order chi connectivity index (χ1) is 8.11. The third-order valence-electron chi connectivity index (χ3n) is 2.69. The molecule has 0 saturated carbocycles. The molecule has 2 N–H and O–H groups in total. The summed E-state index contributed by atoms with van der Waals surface area (Å²) in [6, 6.07) is 0. The number of aryl methyl sites for hydroxylation is 2. The van der Waals surface area contributed by atoms with Crippen molar-refractivity contribution >= 4 is 16.5 Å². The number of aromatic nitrogens is 3. The lowest BCUT2D eigenvalue weighted by atomic mass is 10.4. The van der Waals surface area contributed by atoms with Crippen LogP contribution in [-0.4, -0.2) is 21.6 Å². The number of nitrogens with zero attached hydrogens (tertiary/aromatic N) is 4. The molecule has 0 aliphatic heterocycles. The monoisotopic (exact) mass is 251 g/mol. The fraction of sp³-hybridized carbons (Fsp3) is 0.455. The van der Waals surface area contributed by atoms with E-state index in [1.54, 1.807) is 11.3 Å². The van der Waals surface area contributed by atoms with Crippen LogP contribution in [0.3, 0.4) is 0 Å². The van der Waals surface area contributed by atoms with Gasteiger partial charge in [0, 0.05) is 37.9 Å². The van der Waals surface area contributed by atoms with Crippen LogP contribution in [0, 0.1) is 6.92 Å². The van der Waals surface area contributed by atoms with E-state index in [9.17, 15) is 0 Å². The molecule has 0 aromatic carbocycles. The van der Waals surface area contributed by atoms with Crippen LogP contribution in [0.2, 0.25) is 0 Å². The Balaban J connectivity index is 2.14. The van der Waals surface area contributed by atoms with Gasteiger partial charge in [-0.3, -0.25) is 0 Å². The van der Waals surface area contributed by atoms with E-state index in [1.807, 2.05) is 38.0 Å². The van der Waals surface area contributed by atoms with Gasteiger partial charge in [-0.25, -0.2) is 9.97 Å². The first-order valence-electron chi connectivity index (χ1n) is 5.45. The van der Waals surface area contributed by atoms with Crippen LogP contribution in [0.1, 0.15) is 16.4 Å². The van der Waals surface area contributed by atoms with E-state index in [0.717, 1.165) is 28.1 Å². The van der Waals surface area contributed by atoms with Gasteiger partial charge in [-0.2, -0.15) is 0 Å². The SMILES string of the molecule is Cc1nc(N(C)Cc2nccn2C)sc1CN. The Morgan fingerprint density at radius 2 is 2.29 bits per heavy atom. The maximum absolute atomic E-state index is 5.66. The lowest BCUT2D eigenvalue weighted by Crippen LogP contribution is -2.18. The Labute approximate surface area is 105 Å². The number of thiazole rings is 1. The molecule has 0 bridgehead atoms. The quantitative estimate of drug-likeness (QED) is 0.889. The highest BCUT2D eigenvalue weighted by atomic mass is 32.1. The molecule has 2 aromatic rings. The molecule has 2 aromatic heterocycles. The van der Waals surface area contributed by atoms with Crippen LogP contribution in [-0.2, 0) is 20.1 Å². The average molecular weight is 251 g/mol. The summed E-state index contributed by atoms with van der Waals surface area (Å²) in [6.07, 6.45) is 3.75. The van der Waals surface area contributed by atoms with Gasteiger partial charge in [0.25, 0.3) is 0 Å². The molecule has 0 spiro atoms. The molecule has 0 saturated heterocycles. The summed E-state index contributed by atoms with van der Waals surface area (Å²) in [4.78, 5) is 12.1. The summed E-state index contributed by atoms with van der Waals surface area (Å²) in [5.41, 5.74) is 6.69. The highest BCUT2D eigenvalue weighted by Gasteiger charge is 2.12. The minimum Gasteiger partial charge on any atom is -0.344 e. The van der Waals surface area contributed by atoms with Gasteiger partial charge in [0.1, 0.15) is 5.82 Å². The zero-order chi connectivity index (χ0) is 12.4. The van der Waals surface area contributed by atoms with E-state index in [2.05, 4.69) is 14.9 Å². The fourth-order valence-corrected chi connectivity index (χ4v) is 2.49. The molecule has 6 heteroatoms. The second-order valence-corrected chi connectivity index (χ2v) is 5.08. The van der Waals surface area contributed by atoms with Gasteiger partial charge in [-0.05, 0) is 6.92 Å². The van der Waals surface area contributed by atoms with E-state index in [0.29, 0.717) is 6.54 Å². The van der Waals surface area contributed by atoms with Crippen molar-refractivity contribution in [2.75, 3.05) is 11.9 Å². The van der Waals surface area contributed by atoms with Gasteiger partial charge in [-0.15, -0.1) is 11.3 Å². The third-order valence-corrected chi connectivity index (χ3v) is 3.99. The van der Waals surface area contributed by atoms with E-state index in [-0.39, 0.29) is 0 Å². The Hall–Kier alpha value is -1.40. The molecule has 0 radical (unpaired) electrons. The normalized spacial score (nSPS) is 10.8. The lowest BCUT2D eigenvalue weighted by molar-refractivity contribution is 0.759. The minimum atomic E-state index is 0.555. The van der Waals surface area contributed by atoms with Gasteiger partial charge in [0.05, 0.1) is 12.2 Å². The van der Waals surface area contributed by atoms with Crippen LogP contribution >= 0.6 is 11.3 Å². The first kappa shape index (κ1) is 12.1. The fourth-order valence-electron chi connectivity index (χ4n) is 1.59. The van der Waals surface area contributed by atoms with Crippen LogP contribution in [0.5, 0.6) is 0 Å². The zero-order valence-corrected chi connectivity index (χ0v) is 11.2. The minimum absolute atomic E-state index is 0.555. The molecule has 92 valence electrons. The molecule has 0 amide bonds.